The molecule has 0 aromatic rings. The minimum atomic E-state index is -0.0501. The molecule has 1 saturated heterocycles. The molecule has 1 rings (SSSR count). The highest BCUT2D eigenvalue weighted by Crippen LogP contribution is 2.21. The molecular formula is C9H18N2O2. The second-order valence-corrected chi connectivity index (χ2v) is 3.80. The van der Waals surface area contributed by atoms with Gasteiger partial charge in [-0.15, -0.1) is 0 Å². The first-order chi connectivity index (χ1) is 6.15. The molecule has 1 fully saturated rings. The number of rotatable bonds is 2. The van der Waals surface area contributed by atoms with Crippen molar-refractivity contribution in [3.8, 4) is 0 Å². The molecule has 0 spiro atoms. The molecule has 0 aromatic heterocycles. The number of aliphatic hydroxyl groups excluding tert-OH is 1. The van der Waals surface area contributed by atoms with E-state index >= 15 is 0 Å². The average Bonchev–Trinajstić information content (AvgIpc) is 2.41. The molecule has 13 heavy (non-hydrogen) atoms. The van der Waals surface area contributed by atoms with Crippen LogP contribution in [0, 0.1) is 5.92 Å². The van der Waals surface area contributed by atoms with Crippen LogP contribution in [0.2, 0.25) is 0 Å². The zero-order valence-electron chi connectivity index (χ0n) is 8.29. The number of hydrogen-bond acceptors (Lipinski definition) is 2. The van der Waals surface area contributed by atoms with Crippen LogP contribution < -0.4 is 5.32 Å². The van der Waals surface area contributed by atoms with Gasteiger partial charge in [0.15, 0.2) is 0 Å². The van der Waals surface area contributed by atoms with Crippen molar-refractivity contribution in [2.24, 2.45) is 5.92 Å². The van der Waals surface area contributed by atoms with Crippen molar-refractivity contribution >= 4 is 6.03 Å². The van der Waals surface area contributed by atoms with Crippen molar-refractivity contribution in [3.05, 3.63) is 0 Å². The Morgan fingerprint density at radius 2 is 2.31 bits per heavy atom. The first-order valence-corrected chi connectivity index (χ1v) is 4.80. The van der Waals surface area contributed by atoms with Gasteiger partial charge in [-0.2, -0.15) is 0 Å². The first kappa shape index (κ1) is 10.3. The second kappa shape index (κ2) is 4.46. The SMILES string of the molecule is CC1CC(C)N(C(=O)NCCO)C1. The van der Waals surface area contributed by atoms with Gasteiger partial charge in [0.1, 0.15) is 0 Å². The van der Waals surface area contributed by atoms with Crippen molar-refractivity contribution < 1.29 is 9.90 Å². The minimum absolute atomic E-state index is 0.00349. The van der Waals surface area contributed by atoms with Crippen LogP contribution in [0.1, 0.15) is 20.3 Å². The Labute approximate surface area is 78.9 Å². The van der Waals surface area contributed by atoms with Gasteiger partial charge in [0.2, 0.25) is 0 Å². The van der Waals surface area contributed by atoms with E-state index in [0.29, 0.717) is 18.5 Å². The van der Waals surface area contributed by atoms with Crippen molar-refractivity contribution in [1.82, 2.24) is 10.2 Å². The third-order valence-corrected chi connectivity index (χ3v) is 2.43. The van der Waals surface area contributed by atoms with Crippen LogP contribution in [-0.4, -0.2) is 41.8 Å². The monoisotopic (exact) mass is 186 g/mol. The van der Waals surface area contributed by atoms with Crippen LogP contribution in [0.5, 0.6) is 0 Å². The van der Waals surface area contributed by atoms with Gasteiger partial charge in [0.05, 0.1) is 6.61 Å². The number of aliphatic hydroxyl groups is 1. The Morgan fingerprint density at radius 1 is 1.62 bits per heavy atom. The van der Waals surface area contributed by atoms with Crippen LogP contribution in [-0.2, 0) is 0 Å². The van der Waals surface area contributed by atoms with E-state index in [1.165, 1.54) is 0 Å². The van der Waals surface area contributed by atoms with Gasteiger partial charge in [-0.1, -0.05) is 6.92 Å². The van der Waals surface area contributed by atoms with Gasteiger partial charge in [-0.3, -0.25) is 0 Å². The lowest BCUT2D eigenvalue weighted by Gasteiger charge is -2.21. The summed E-state index contributed by atoms with van der Waals surface area (Å²) in [6.45, 7) is 5.39. The second-order valence-electron chi connectivity index (χ2n) is 3.80. The summed E-state index contributed by atoms with van der Waals surface area (Å²) in [6.07, 6.45) is 1.08. The van der Waals surface area contributed by atoms with E-state index in [1.54, 1.807) is 0 Å². The number of likely N-dealkylation sites (tertiary alicyclic amines) is 1. The number of hydrogen-bond donors (Lipinski definition) is 2. The van der Waals surface area contributed by atoms with Crippen LogP contribution in [0.25, 0.3) is 0 Å². The number of carbonyl (C=O) groups excluding carboxylic acids is 1. The van der Waals surface area contributed by atoms with Gasteiger partial charge in [-0.25, -0.2) is 4.79 Å². The maximum Gasteiger partial charge on any atom is 0.317 e. The molecule has 0 bridgehead atoms. The van der Waals surface area contributed by atoms with Gasteiger partial charge < -0.3 is 15.3 Å². The minimum Gasteiger partial charge on any atom is -0.395 e. The fourth-order valence-corrected chi connectivity index (χ4v) is 1.85. The van der Waals surface area contributed by atoms with Gasteiger partial charge >= 0.3 is 6.03 Å². The smallest absolute Gasteiger partial charge is 0.317 e. The lowest BCUT2D eigenvalue weighted by atomic mass is 10.1. The highest BCUT2D eigenvalue weighted by atomic mass is 16.3. The number of urea groups is 1. The summed E-state index contributed by atoms with van der Waals surface area (Å²) in [4.78, 5) is 13.3. The Morgan fingerprint density at radius 3 is 2.77 bits per heavy atom. The van der Waals surface area contributed by atoms with Gasteiger partial charge in [-0.05, 0) is 19.3 Å². The topological polar surface area (TPSA) is 52.6 Å². The van der Waals surface area contributed by atoms with Crippen molar-refractivity contribution in [3.63, 3.8) is 0 Å². The van der Waals surface area contributed by atoms with E-state index in [0.717, 1.165) is 13.0 Å². The molecule has 1 heterocycles. The molecule has 1 aliphatic heterocycles. The van der Waals surface area contributed by atoms with Gasteiger partial charge in [0, 0.05) is 19.1 Å². The van der Waals surface area contributed by atoms with Crippen molar-refractivity contribution in [2.75, 3.05) is 19.7 Å². The standard InChI is InChI=1S/C9H18N2O2/c1-7-5-8(2)11(6-7)9(13)10-3-4-12/h7-8,12H,3-6H2,1-2H3,(H,10,13). The largest absolute Gasteiger partial charge is 0.395 e. The van der Waals surface area contributed by atoms with E-state index in [1.807, 2.05) is 4.90 Å². The highest BCUT2D eigenvalue weighted by Gasteiger charge is 2.29. The third kappa shape index (κ3) is 2.59. The summed E-state index contributed by atoms with van der Waals surface area (Å²) in [5.41, 5.74) is 0. The molecular weight excluding hydrogens is 168 g/mol. The maximum atomic E-state index is 11.5. The van der Waals surface area contributed by atoms with E-state index in [9.17, 15) is 4.79 Å². The van der Waals surface area contributed by atoms with E-state index in [2.05, 4.69) is 19.2 Å². The summed E-state index contributed by atoms with van der Waals surface area (Å²) < 4.78 is 0. The molecule has 2 amide bonds. The predicted octanol–water partition coefficient (Wildman–Crippen LogP) is 0.419. The number of amides is 2. The van der Waals surface area contributed by atoms with Crippen LogP contribution in [0.15, 0.2) is 0 Å². The summed E-state index contributed by atoms with van der Waals surface area (Å²) in [5.74, 6) is 0.592. The summed E-state index contributed by atoms with van der Waals surface area (Å²) in [5, 5.41) is 11.2. The molecule has 2 N–H and O–H groups in total. The zero-order valence-corrected chi connectivity index (χ0v) is 8.29. The summed E-state index contributed by atoms with van der Waals surface area (Å²) in [7, 11) is 0. The molecule has 1 aliphatic rings. The molecule has 4 nitrogen and oxygen atoms in total. The number of carbonyl (C=O) groups is 1. The van der Waals surface area contributed by atoms with Crippen LogP contribution in [0.4, 0.5) is 4.79 Å². The Hall–Kier alpha value is -0.770. The van der Waals surface area contributed by atoms with Crippen molar-refractivity contribution in [2.45, 2.75) is 26.3 Å². The van der Waals surface area contributed by atoms with E-state index in [4.69, 9.17) is 5.11 Å². The summed E-state index contributed by atoms with van der Waals surface area (Å²) >= 11 is 0. The normalized spacial score (nSPS) is 27.8. The molecule has 76 valence electrons. The Kier molecular flexibility index (Phi) is 3.54. The molecule has 0 aromatic carbocycles. The molecule has 2 unspecified atom stereocenters. The lowest BCUT2D eigenvalue weighted by molar-refractivity contribution is 0.191. The zero-order chi connectivity index (χ0) is 9.84. The van der Waals surface area contributed by atoms with E-state index in [-0.39, 0.29) is 12.6 Å². The predicted molar refractivity (Wildman–Crippen MR) is 50.4 cm³/mol. The fourth-order valence-electron chi connectivity index (χ4n) is 1.85. The first-order valence-electron chi connectivity index (χ1n) is 4.80. The molecule has 0 aliphatic carbocycles. The van der Waals surface area contributed by atoms with E-state index < -0.39 is 0 Å². The lowest BCUT2D eigenvalue weighted by Crippen LogP contribution is -2.42. The average molecular weight is 186 g/mol. The molecule has 2 atom stereocenters. The highest BCUT2D eigenvalue weighted by molar-refractivity contribution is 5.74. The molecule has 4 heteroatoms. The fraction of sp³-hybridized carbons (Fsp3) is 0.889. The number of nitrogens with zero attached hydrogens (tertiary/aromatic N) is 1. The summed E-state index contributed by atoms with van der Waals surface area (Å²) in [6, 6.07) is 0.277. The van der Waals surface area contributed by atoms with Gasteiger partial charge in [0.25, 0.3) is 0 Å². The van der Waals surface area contributed by atoms with Crippen LogP contribution >= 0.6 is 0 Å². The quantitative estimate of drug-likeness (QED) is 0.656. The Bertz CT molecular complexity index is 184. The molecule has 0 saturated carbocycles. The van der Waals surface area contributed by atoms with Crippen LogP contribution in [0.3, 0.4) is 0 Å². The molecule has 0 radical (unpaired) electrons. The maximum absolute atomic E-state index is 11.5. The Balaban J connectivity index is 2.38. The third-order valence-electron chi connectivity index (χ3n) is 2.43. The number of nitrogens with one attached hydrogen (secondary N) is 1. The van der Waals surface area contributed by atoms with Crippen molar-refractivity contribution in [1.29, 1.82) is 0 Å².